The molecule has 0 spiro atoms. The summed E-state index contributed by atoms with van der Waals surface area (Å²) < 4.78 is 32.5. The Morgan fingerprint density at radius 3 is 1.21 bits per heavy atom. The fourth-order valence-electron chi connectivity index (χ4n) is 3.10. The average molecular weight is 365 g/mol. The Morgan fingerprint density at radius 2 is 0.917 bits per heavy atom. The van der Waals surface area contributed by atoms with Crippen molar-refractivity contribution in [3.63, 3.8) is 0 Å². The van der Waals surface area contributed by atoms with Gasteiger partial charge in [-0.25, -0.2) is 0 Å². The first kappa shape index (κ1) is 23.9. The van der Waals surface area contributed by atoms with Crippen LogP contribution in [0.3, 0.4) is 0 Å². The molecule has 0 aromatic heterocycles. The lowest BCUT2D eigenvalue weighted by Gasteiger charge is -2.24. The van der Waals surface area contributed by atoms with Crippen molar-refractivity contribution in [1.29, 1.82) is 0 Å². The number of rotatable bonds is 17. The van der Waals surface area contributed by atoms with Crippen LogP contribution < -0.4 is 0 Å². The molecule has 24 heavy (non-hydrogen) atoms. The van der Waals surface area contributed by atoms with Crippen LogP contribution in [0.5, 0.6) is 0 Å². The van der Waals surface area contributed by atoms with E-state index in [1.807, 2.05) is 0 Å². The SMILES string of the molecule is CCCCCCCCCCC(O)(CCCCCCCC)S(=O)(=O)O. The molecule has 5 heteroatoms. The summed E-state index contributed by atoms with van der Waals surface area (Å²) in [5.41, 5.74) is 0. The number of hydrogen-bond acceptors (Lipinski definition) is 3. The van der Waals surface area contributed by atoms with Crippen LogP contribution in [0.15, 0.2) is 0 Å². The van der Waals surface area contributed by atoms with Gasteiger partial charge in [-0.3, -0.25) is 4.55 Å². The van der Waals surface area contributed by atoms with Crippen molar-refractivity contribution in [1.82, 2.24) is 0 Å². The molecule has 0 saturated carbocycles. The Morgan fingerprint density at radius 1 is 0.625 bits per heavy atom. The van der Waals surface area contributed by atoms with Crippen molar-refractivity contribution in [2.75, 3.05) is 0 Å². The summed E-state index contributed by atoms with van der Waals surface area (Å²) in [5.74, 6) is 0. The van der Waals surface area contributed by atoms with E-state index in [-0.39, 0.29) is 12.8 Å². The second-order valence-electron chi connectivity index (χ2n) is 7.16. The smallest absolute Gasteiger partial charge is 0.294 e. The highest BCUT2D eigenvalue weighted by Gasteiger charge is 2.39. The molecule has 0 heterocycles. The molecule has 2 N–H and O–H groups in total. The molecule has 0 aromatic carbocycles. The quantitative estimate of drug-likeness (QED) is 0.251. The standard InChI is InChI=1S/C19H40O4S/c1-3-5-7-9-11-12-14-16-18-19(20,24(21,22)23)17-15-13-10-8-6-4-2/h20H,3-18H2,1-2H3,(H,21,22,23). The molecule has 0 aromatic rings. The van der Waals surface area contributed by atoms with Crippen LogP contribution in [-0.2, 0) is 10.1 Å². The third-order valence-electron chi connectivity index (χ3n) is 4.82. The van der Waals surface area contributed by atoms with E-state index in [4.69, 9.17) is 0 Å². The Labute approximate surface area is 150 Å². The lowest BCUT2D eigenvalue weighted by atomic mass is 10.0. The summed E-state index contributed by atoms with van der Waals surface area (Å²) in [6.07, 6.45) is 15.3. The highest BCUT2D eigenvalue weighted by atomic mass is 32.2. The van der Waals surface area contributed by atoms with Crippen molar-refractivity contribution in [2.24, 2.45) is 0 Å². The Kier molecular flexibility index (Phi) is 14.0. The summed E-state index contributed by atoms with van der Waals surface area (Å²) in [6.45, 7) is 4.35. The maximum absolute atomic E-state index is 11.6. The second-order valence-corrected chi connectivity index (χ2v) is 8.87. The summed E-state index contributed by atoms with van der Waals surface area (Å²) in [5, 5.41) is 10.4. The van der Waals surface area contributed by atoms with Gasteiger partial charge in [-0.15, -0.1) is 0 Å². The minimum Gasteiger partial charge on any atom is -0.372 e. The van der Waals surface area contributed by atoms with Crippen molar-refractivity contribution in [2.45, 2.75) is 122 Å². The monoisotopic (exact) mass is 364 g/mol. The van der Waals surface area contributed by atoms with Gasteiger partial charge in [0, 0.05) is 0 Å². The second kappa shape index (κ2) is 14.1. The maximum atomic E-state index is 11.6. The first-order valence-electron chi connectivity index (χ1n) is 10.1. The fourth-order valence-corrected chi connectivity index (χ4v) is 3.90. The van der Waals surface area contributed by atoms with Crippen LogP contribution >= 0.6 is 0 Å². The van der Waals surface area contributed by atoms with E-state index in [1.165, 1.54) is 44.9 Å². The van der Waals surface area contributed by atoms with Gasteiger partial charge in [0.15, 0.2) is 4.93 Å². The molecule has 0 rings (SSSR count). The van der Waals surface area contributed by atoms with E-state index >= 15 is 0 Å². The summed E-state index contributed by atoms with van der Waals surface area (Å²) in [7, 11) is -4.41. The average Bonchev–Trinajstić information content (AvgIpc) is 2.52. The number of unbranched alkanes of at least 4 members (excludes halogenated alkanes) is 12. The minimum absolute atomic E-state index is 0.147. The van der Waals surface area contributed by atoms with E-state index < -0.39 is 15.1 Å². The molecule has 0 bridgehead atoms. The van der Waals surface area contributed by atoms with Gasteiger partial charge in [-0.05, 0) is 25.7 Å². The predicted octanol–water partition coefficient (Wildman–Crippen LogP) is 5.84. The number of aliphatic hydroxyl groups is 1. The van der Waals surface area contributed by atoms with Crippen LogP contribution in [0.1, 0.15) is 117 Å². The molecule has 0 aliphatic carbocycles. The molecule has 0 aliphatic heterocycles. The molecular weight excluding hydrogens is 324 g/mol. The van der Waals surface area contributed by atoms with Crippen LogP contribution in [0, 0.1) is 0 Å². The lowest BCUT2D eigenvalue weighted by Crippen LogP contribution is -2.38. The zero-order valence-electron chi connectivity index (χ0n) is 15.9. The molecule has 0 radical (unpaired) electrons. The van der Waals surface area contributed by atoms with Gasteiger partial charge in [0.25, 0.3) is 10.1 Å². The van der Waals surface area contributed by atoms with Crippen LogP contribution in [0.2, 0.25) is 0 Å². The molecule has 0 aliphatic rings. The van der Waals surface area contributed by atoms with Gasteiger partial charge in [-0.2, -0.15) is 8.42 Å². The zero-order chi connectivity index (χ0) is 18.3. The first-order valence-corrected chi connectivity index (χ1v) is 11.5. The van der Waals surface area contributed by atoms with Crippen LogP contribution in [0.4, 0.5) is 0 Å². The van der Waals surface area contributed by atoms with Gasteiger partial charge in [0.05, 0.1) is 0 Å². The van der Waals surface area contributed by atoms with Gasteiger partial charge < -0.3 is 5.11 Å². The molecule has 4 nitrogen and oxygen atoms in total. The van der Waals surface area contributed by atoms with Gasteiger partial charge >= 0.3 is 0 Å². The highest BCUT2D eigenvalue weighted by Crippen LogP contribution is 2.28. The summed E-state index contributed by atoms with van der Waals surface area (Å²) in [6, 6.07) is 0. The normalized spacial score (nSPS) is 14.7. The maximum Gasteiger partial charge on any atom is 0.294 e. The Bertz CT molecular complexity index is 381. The summed E-state index contributed by atoms with van der Waals surface area (Å²) >= 11 is 0. The van der Waals surface area contributed by atoms with E-state index in [1.54, 1.807) is 0 Å². The van der Waals surface area contributed by atoms with E-state index in [0.29, 0.717) is 12.8 Å². The lowest BCUT2D eigenvalue weighted by molar-refractivity contribution is 0.0884. The third-order valence-corrected chi connectivity index (χ3v) is 6.19. The predicted molar refractivity (Wildman–Crippen MR) is 102 cm³/mol. The highest BCUT2D eigenvalue weighted by molar-refractivity contribution is 7.87. The van der Waals surface area contributed by atoms with Crippen molar-refractivity contribution < 1.29 is 18.1 Å². The third kappa shape index (κ3) is 11.4. The van der Waals surface area contributed by atoms with E-state index in [2.05, 4.69) is 13.8 Å². The van der Waals surface area contributed by atoms with Gasteiger partial charge in [-0.1, -0.05) is 90.9 Å². The van der Waals surface area contributed by atoms with Crippen LogP contribution in [0.25, 0.3) is 0 Å². The topological polar surface area (TPSA) is 74.6 Å². The Hall–Kier alpha value is -0.130. The molecule has 1 atom stereocenters. The van der Waals surface area contributed by atoms with Gasteiger partial charge in [0.2, 0.25) is 0 Å². The number of hydrogen-bond donors (Lipinski definition) is 2. The van der Waals surface area contributed by atoms with Gasteiger partial charge in [0.1, 0.15) is 0 Å². The van der Waals surface area contributed by atoms with E-state index in [0.717, 1.165) is 32.1 Å². The van der Waals surface area contributed by atoms with E-state index in [9.17, 15) is 18.1 Å². The van der Waals surface area contributed by atoms with Crippen molar-refractivity contribution in [3.8, 4) is 0 Å². The molecule has 0 saturated heterocycles. The first-order chi connectivity index (χ1) is 11.4. The fraction of sp³-hybridized carbons (Fsp3) is 1.00. The molecule has 146 valence electrons. The van der Waals surface area contributed by atoms with Crippen LogP contribution in [-0.4, -0.2) is 23.0 Å². The Balaban J connectivity index is 3.99. The molecule has 1 unspecified atom stereocenters. The molecular formula is C19H40O4S. The molecule has 0 amide bonds. The molecule has 0 fully saturated rings. The van der Waals surface area contributed by atoms with Crippen molar-refractivity contribution >= 4 is 10.1 Å². The minimum atomic E-state index is -4.41. The summed E-state index contributed by atoms with van der Waals surface area (Å²) in [4.78, 5) is -1.94. The van der Waals surface area contributed by atoms with Crippen molar-refractivity contribution in [3.05, 3.63) is 0 Å². The largest absolute Gasteiger partial charge is 0.372 e. The zero-order valence-corrected chi connectivity index (χ0v) is 16.7.